The van der Waals surface area contributed by atoms with Gasteiger partial charge in [-0.15, -0.1) is 0 Å². The van der Waals surface area contributed by atoms with Crippen LogP contribution in [0.3, 0.4) is 0 Å². The molecule has 1 unspecified atom stereocenters. The molecule has 88 valence electrons. The van der Waals surface area contributed by atoms with E-state index in [4.69, 9.17) is 11.6 Å². The Balaban J connectivity index is 2.65. The summed E-state index contributed by atoms with van der Waals surface area (Å²) in [6.45, 7) is 4.56. The minimum absolute atomic E-state index is 0.0415. The van der Waals surface area contributed by atoms with Crippen LogP contribution in [0.4, 0.5) is 4.79 Å². The Morgan fingerprint density at radius 2 is 2.25 bits per heavy atom. The number of carbonyl (C=O) groups excluding carboxylic acids is 1. The van der Waals surface area contributed by atoms with Crippen LogP contribution in [0.15, 0.2) is 24.3 Å². The van der Waals surface area contributed by atoms with Crippen molar-refractivity contribution in [3.63, 3.8) is 0 Å². The van der Waals surface area contributed by atoms with Crippen molar-refractivity contribution in [3.05, 3.63) is 34.9 Å². The third-order valence-electron chi connectivity index (χ3n) is 2.51. The zero-order chi connectivity index (χ0) is 12.1. The normalized spacial score (nSPS) is 12.0. The molecule has 3 nitrogen and oxygen atoms in total. The molecule has 0 saturated carbocycles. The molecule has 0 saturated heterocycles. The average molecular weight is 241 g/mol. The van der Waals surface area contributed by atoms with E-state index < -0.39 is 0 Å². The van der Waals surface area contributed by atoms with Crippen molar-refractivity contribution in [2.75, 3.05) is 13.6 Å². The van der Waals surface area contributed by atoms with E-state index in [9.17, 15) is 4.79 Å². The Morgan fingerprint density at radius 3 is 2.81 bits per heavy atom. The van der Waals surface area contributed by atoms with Crippen LogP contribution in [0.2, 0.25) is 5.02 Å². The fourth-order valence-corrected chi connectivity index (χ4v) is 1.50. The third kappa shape index (κ3) is 3.42. The van der Waals surface area contributed by atoms with Gasteiger partial charge in [-0.05, 0) is 31.5 Å². The summed E-state index contributed by atoms with van der Waals surface area (Å²) in [5, 5.41) is 3.59. The summed E-state index contributed by atoms with van der Waals surface area (Å²) in [6.07, 6.45) is 0. The van der Waals surface area contributed by atoms with E-state index in [-0.39, 0.29) is 12.1 Å². The zero-order valence-electron chi connectivity index (χ0n) is 9.83. The predicted molar refractivity (Wildman–Crippen MR) is 66.7 cm³/mol. The van der Waals surface area contributed by atoms with Crippen LogP contribution in [0.5, 0.6) is 0 Å². The van der Waals surface area contributed by atoms with Crippen LogP contribution in [0.25, 0.3) is 0 Å². The maximum absolute atomic E-state index is 11.6. The van der Waals surface area contributed by atoms with Gasteiger partial charge in [0.05, 0.1) is 6.04 Å². The number of amides is 2. The second kappa shape index (κ2) is 5.75. The van der Waals surface area contributed by atoms with E-state index >= 15 is 0 Å². The van der Waals surface area contributed by atoms with Crippen LogP contribution in [0.1, 0.15) is 25.5 Å². The molecule has 0 aromatic heterocycles. The lowest BCUT2D eigenvalue weighted by molar-refractivity contribution is 0.208. The van der Waals surface area contributed by atoms with Crippen LogP contribution in [-0.2, 0) is 0 Å². The summed E-state index contributed by atoms with van der Waals surface area (Å²) in [5.41, 5.74) is 1.00. The molecule has 0 bridgehead atoms. The Hall–Kier alpha value is -1.22. The Kier molecular flexibility index (Phi) is 4.62. The van der Waals surface area contributed by atoms with Crippen molar-refractivity contribution in [2.45, 2.75) is 19.9 Å². The first kappa shape index (κ1) is 12.8. The molecule has 0 aliphatic heterocycles. The summed E-state index contributed by atoms with van der Waals surface area (Å²) in [4.78, 5) is 13.3. The van der Waals surface area contributed by atoms with Gasteiger partial charge in [0.15, 0.2) is 0 Å². The quantitative estimate of drug-likeness (QED) is 0.865. The molecule has 16 heavy (non-hydrogen) atoms. The summed E-state index contributed by atoms with van der Waals surface area (Å²) in [6, 6.07) is 7.39. The van der Waals surface area contributed by atoms with Crippen LogP contribution >= 0.6 is 11.6 Å². The van der Waals surface area contributed by atoms with Crippen molar-refractivity contribution in [2.24, 2.45) is 0 Å². The molecule has 2 amide bonds. The van der Waals surface area contributed by atoms with E-state index in [1.165, 1.54) is 0 Å². The molecule has 1 rings (SSSR count). The standard InChI is InChI=1S/C12H17ClN2O/c1-4-15(3)12(16)14-9(2)10-6-5-7-11(13)8-10/h5-9H,4H2,1-3H3,(H,14,16). The van der Waals surface area contributed by atoms with E-state index in [0.29, 0.717) is 11.6 Å². The number of hydrogen-bond donors (Lipinski definition) is 1. The van der Waals surface area contributed by atoms with Gasteiger partial charge in [0, 0.05) is 18.6 Å². The number of carbonyl (C=O) groups is 1. The molecule has 1 atom stereocenters. The largest absolute Gasteiger partial charge is 0.331 e. The van der Waals surface area contributed by atoms with Crippen LogP contribution in [0, 0.1) is 0 Å². The number of benzene rings is 1. The number of hydrogen-bond acceptors (Lipinski definition) is 1. The molecule has 0 spiro atoms. The molecule has 0 heterocycles. The van der Waals surface area contributed by atoms with Gasteiger partial charge >= 0.3 is 6.03 Å². The lowest BCUT2D eigenvalue weighted by Gasteiger charge is -2.20. The highest BCUT2D eigenvalue weighted by atomic mass is 35.5. The number of halogens is 1. The number of rotatable bonds is 3. The minimum Gasteiger partial charge on any atom is -0.331 e. The molecular formula is C12H17ClN2O. The van der Waals surface area contributed by atoms with Gasteiger partial charge in [-0.2, -0.15) is 0 Å². The summed E-state index contributed by atoms with van der Waals surface area (Å²) in [7, 11) is 1.76. The van der Waals surface area contributed by atoms with Gasteiger partial charge in [0.1, 0.15) is 0 Å². The highest BCUT2D eigenvalue weighted by Crippen LogP contribution is 2.17. The van der Waals surface area contributed by atoms with Crippen molar-refractivity contribution in [1.29, 1.82) is 0 Å². The van der Waals surface area contributed by atoms with Crippen molar-refractivity contribution in [1.82, 2.24) is 10.2 Å². The number of nitrogens with one attached hydrogen (secondary N) is 1. The lowest BCUT2D eigenvalue weighted by Crippen LogP contribution is -2.38. The molecule has 4 heteroatoms. The van der Waals surface area contributed by atoms with Crippen LogP contribution in [-0.4, -0.2) is 24.5 Å². The van der Waals surface area contributed by atoms with Gasteiger partial charge in [0.25, 0.3) is 0 Å². The van der Waals surface area contributed by atoms with Crippen molar-refractivity contribution in [3.8, 4) is 0 Å². The van der Waals surface area contributed by atoms with E-state index in [0.717, 1.165) is 5.56 Å². The fraction of sp³-hybridized carbons (Fsp3) is 0.417. The van der Waals surface area contributed by atoms with Crippen LogP contribution < -0.4 is 5.32 Å². The summed E-state index contributed by atoms with van der Waals surface area (Å²) >= 11 is 5.89. The van der Waals surface area contributed by atoms with Crippen molar-refractivity contribution < 1.29 is 4.79 Å². The molecule has 1 aromatic rings. The highest BCUT2D eigenvalue weighted by Gasteiger charge is 2.11. The van der Waals surface area contributed by atoms with E-state index in [1.54, 1.807) is 11.9 Å². The molecular weight excluding hydrogens is 224 g/mol. The monoisotopic (exact) mass is 240 g/mol. The van der Waals surface area contributed by atoms with Gasteiger partial charge in [0.2, 0.25) is 0 Å². The maximum Gasteiger partial charge on any atom is 0.317 e. The van der Waals surface area contributed by atoms with Crippen molar-refractivity contribution >= 4 is 17.6 Å². The Bertz CT molecular complexity index is 368. The zero-order valence-corrected chi connectivity index (χ0v) is 10.6. The highest BCUT2D eigenvalue weighted by molar-refractivity contribution is 6.30. The first-order chi connectivity index (χ1) is 7.54. The summed E-state index contributed by atoms with van der Waals surface area (Å²) in [5.74, 6) is 0. The molecule has 0 aliphatic rings. The second-order valence-electron chi connectivity index (χ2n) is 3.74. The first-order valence-corrected chi connectivity index (χ1v) is 5.69. The summed E-state index contributed by atoms with van der Waals surface area (Å²) < 4.78 is 0. The smallest absolute Gasteiger partial charge is 0.317 e. The topological polar surface area (TPSA) is 32.3 Å². The SMILES string of the molecule is CCN(C)C(=O)NC(C)c1cccc(Cl)c1. The predicted octanol–water partition coefficient (Wildman–Crippen LogP) is 3.06. The first-order valence-electron chi connectivity index (χ1n) is 5.31. The minimum atomic E-state index is -0.0741. The average Bonchev–Trinajstić information content (AvgIpc) is 2.27. The molecule has 1 N–H and O–H groups in total. The molecule has 0 fully saturated rings. The molecule has 1 aromatic carbocycles. The van der Waals surface area contributed by atoms with E-state index in [2.05, 4.69) is 5.32 Å². The molecule has 0 radical (unpaired) electrons. The lowest BCUT2D eigenvalue weighted by atomic mass is 10.1. The second-order valence-corrected chi connectivity index (χ2v) is 4.18. The number of urea groups is 1. The van der Waals surface area contributed by atoms with Gasteiger partial charge in [-0.25, -0.2) is 4.79 Å². The Morgan fingerprint density at radius 1 is 1.56 bits per heavy atom. The Labute approximate surface area is 101 Å². The number of nitrogens with zero attached hydrogens (tertiary/aromatic N) is 1. The fourth-order valence-electron chi connectivity index (χ4n) is 1.30. The van der Waals surface area contributed by atoms with Gasteiger partial charge in [-0.3, -0.25) is 0 Å². The van der Waals surface area contributed by atoms with Gasteiger partial charge in [-0.1, -0.05) is 23.7 Å². The van der Waals surface area contributed by atoms with Gasteiger partial charge < -0.3 is 10.2 Å². The maximum atomic E-state index is 11.6. The van der Waals surface area contributed by atoms with E-state index in [1.807, 2.05) is 38.1 Å². The molecule has 0 aliphatic carbocycles. The third-order valence-corrected chi connectivity index (χ3v) is 2.74.